The zero-order valence-corrected chi connectivity index (χ0v) is 23.9. The fraction of sp³-hybridized carbons (Fsp3) is 0.621. The van der Waals surface area contributed by atoms with Gasteiger partial charge in [-0.05, 0) is 64.0 Å². The average molecular weight is 523 g/mol. The first-order valence-corrected chi connectivity index (χ1v) is 13.8. The van der Waals surface area contributed by atoms with Gasteiger partial charge in [-0.2, -0.15) is 0 Å². The van der Waals surface area contributed by atoms with Gasteiger partial charge < -0.3 is 19.9 Å². The Balaban J connectivity index is 1.50. The Labute approximate surface area is 226 Å². The van der Waals surface area contributed by atoms with Crippen molar-refractivity contribution in [2.75, 3.05) is 43.5 Å². The molecule has 9 heteroatoms. The van der Waals surface area contributed by atoms with Crippen LogP contribution in [0.25, 0.3) is 0 Å². The van der Waals surface area contributed by atoms with Gasteiger partial charge in [0.1, 0.15) is 17.3 Å². The highest BCUT2D eigenvalue weighted by molar-refractivity contribution is 5.93. The van der Waals surface area contributed by atoms with Gasteiger partial charge in [-0.1, -0.05) is 26.7 Å². The summed E-state index contributed by atoms with van der Waals surface area (Å²) in [5.41, 5.74) is 2.74. The predicted molar refractivity (Wildman–Crippen MR) is 149 cm³/mol. The molecule has 2 aliphatic rings. The van der Waals surface area contributed by atoms with Gasteiger partial charge in [-0.3, -0.25) is 4.79 Å². The number of amides is 1. The van der Waals surface area contributed by atoms with Crippen molar-refractivity contribution in [3.8, 4) is 0 Å². The third kappa shape index (κ3) is 5.76. The third-order valence-electron chi connectivity index (χ3n) is 7.84. The van der Waals surface area contributed by atoms with Gasteiger partial charge in [0.05, 0.1) is 35.8 Å². The number of carbonyl (C=O) groups excluding carboxylic acids is 2. The van der Waals surface area contributed by atoms with Crippen molar-refractivity contribution in [1.29, 1.82) is 0 Å². The number of anilines is 2. The molecule has 2 aromatic heterocycles. The normalized spacial score (nSPS) is 17.7. The third-order valence-corrected chi connectivity index (χ3v) is 7.84. The number of methoxy groups -OCH3 is 1. The molecule has 3 heterocycles. The van der Waals surface area contributed by atoms with Crippen molar-refractivity contribution in [3.05, 3.63) is 40.5 Å². The van der Waals surface area contributed by atoms with Gasteiger partial charge in [0, 0.05) is 26.2 Å². The minimum atomic E-state index is -0.459. The van der Waals surface area contributed by atoms with E-state index in [1.165, 1.54) is 32.8 Å². The second kappa shape index (κ2) is 11.3. The molecule has 0 bridgehead atoms. The molecule has 9 nitrogen and oxygen atoms in total. The van der Waals surface area contributed by atoms with Crippen molar-refractivity contribution in [1.82, 2.24) is 19.9 Å². The SMILES string of the molecule is COC(=O)c1c(C)cc(N2CCN(C(=O)c3cnc(NCC4CCCC4)c(C(C)C)n3)C(C)(C)C2)nc1C. The van der Waals surface area contributed by atoms with Crippen molar-refractivity contribution >= 4 is 23.5 Å². The molecule has 1 saturated carbocycles. The Hall–Kier alpha value is -3.23. The summed E-state index contributed by atoms with van der Waals surface area (Å²) in [5.74, 6) is 1.95. The smallest absolute Gasteiger partial charge is 0.339 e. The van der Waals surface area contributed by atoms with E-state index in [0.29, 0.717) is 42.5 Å². The number of nitrogens with zero attached hydrogens (tertiary/aromatic N) is 5. The van der Waals surface area contributed by atoms with Crippen molar-refractivity contribution in [2.45, 2.75) is 78.7 Å². The highest BCUT2D eigenvalue weighted by Gasteiger charge is 2.38. The van der Waals surface area contributed by atoms with Crippen LogP contribution in [0.15, 0.2) is 12.3 Å². The number of ether oxygens (including phenoxy) is 1. The van der Waals surface area contributed by atoms with Crippen LogP contribution in [0.5, 0.6) is 0 Å². The van der Waals surface area contributed by atoms with E-state index < -0.39 is 5.54 Å². The number of hydrogen-bond acceptors (Lipinski definition) is 8. The Morgan fingerprint density at radius 1 is 1.16 bits per heavy atom. The summed E-state index contributed by atoms with van der Waals surface area (Å²) in [4.78, 5) is 44.1. The van der Waals surface area contributed by atoms with E-state index in [1.54, 1.807) is 6.20 Å². The van der Waals surface area contributed by atoms with E-state index in [4.69, 9.17) is 14.7 Å². The lowest BCUT2D eigenvalue weighted by Crippen LogP contribution is -2.61. The van der Waals surface area contributed by atoms with Gasteiger partial charge >= 0.3 is 5.97 Å². The summed E-state index contributed by atoms with van der Waals surface area (Å²) in [6.45, 7) is 14.7. The van der Waals surface area contributed by atoms with Gasteiger partial charge in [0.2, 0.25) is 0 Å². The van der Waals surface area contributed by atoms with E-state index >= 15 is 0 Å². The molecule has 206 valence electrons. The van der Waals surface area contributed by atoms with Crippen molar-refractivity contribution < 1.29 is 14.3 Å². The van der Waals surface area contributed by atoms with E-state index in [-0.39, 0.29) is 17.8 Å². The standard InChI is InChI=1S/C29H42N6O3/c1-18(2)25-26(30-15-21-10-8-9-11-21)31-16-22(33-25)27(36)35-13-12-34(17-29(35,5)6)23-14-19(3)24(20(4)32-23)28(37)38-7/h14,16,18,21H,8-13,15,17H2,1-7H3,(H,30,31). The second-order valence-electron chi connectivity index (χ2n) is 11.6. The van der Waals surface area contributed by atoms with Crippen molar-refractivity contribution in [3.63, 3.8) is 0 Å². The average Bonchev–Trinajstić information content (AvgIpc) is 3.39. The summed E-state index contributed by atoms with van der Waals surface area (Å²) in [6.07, 6.45) is 6.75. The van der Waals surface area contributed by atoms with Crippen LogP contribution in [0.1, 0.15) is 97.1 Å². The Morgan fingerprint density at radius 2 is 1.87 bits per heavy atom. The quantitative estimate of drug-likeness (QED) is 0.521. The van der Waals surface area contributed by atoms with E-state index in [0.717, 1.165) is 29.4 Å². The number of nitrogens with one attached hydrogen (secondary N) is 1. The van der Waals surface area contributed by atoms with E-state index in [1.807, 2.05) is 24.8 Å². The maximum absolute atomic E-state index is 13.7. The van der Waals surface area contributed by atoms with Gasteiger partial charge in [0.15, 0.2) is 0 Å². The fourth-order valence-electron chi connectivity index (χ4n) is 5.75. The maximum atomic E-state index is 13.7. The first-order chi connectivity index (χ1) is 18.0. The van der Waals surface area contributed by atoms with Crippen molar-refractivity contribution in [2.24, 2.45) is 5.92 Å². The largest absolute Gasteiger partial charge is 0.465 e. The zero-order chi connectivity index (χ0) is 27.6. The van der Waals surface area contributed by atoms with Crippen LogP contribution in [0.4, 0.5) is 11.6 Å². The first kappa shape index (κ1) is 27.8. The zero-order valence-electron chi connectivity index (χ0n) is 23.9. The van der Waals surface area contributed by atoms with Crippen LogP contribution in [-0.2, 0) is 4.74 Å². The molecular formula is C29H42N6O3. The summed E-state index contributed by atoms with van der Waals surface area (Å²) < 4.78 is 4.91. The summed E-state index contributed by atoms with van der Waals surface area (Å²) in [7, 11) is 1.38. The molecule has 0 atom stereocenters. The highest BCUT2D eigenvalue weighted by Crippen LogP contribution is 2.30. The van der Waals surface area contributed by atoms with Crippen LogP contribution >= 0.6 is 0 Å². The van der Waals surface area contributed by atoms with Crippen LogP contribution < -0.4 is 10.2 Å². The van der Waals surface area contributed by atoms with Gasteiger partial charge in [-0.25, -0.2) is 19.7 Å². The van der Waals surface area contributed by atoms with Gasteiger partial charge in [0.25, 0.3) is 5.91 Å². The Bertz CT molecular complexity index is 1170. The molecule has 1 aliphatic heterocycles. The number of piperazine rings is 1. The molecule has 0 unspecified atom stereocenters. The lowest BCUT2D eigenvalue weighted by atomic mass is 9.97. The highest BCUT2D eigenvalue weighted by atomic mass is 16.5. The Morgan fingerprint density at radius 3 is 2.47 bits per heavy atom. The van der Waals surface area contributed by atoms with Crippen LogP contribution in [-0.4, -0.2) is 70.6 Å². The monoisotopic (exact) mass is 522 g/mol. The molecule has 4 rings (SSSR count). The number of esters is 1. The minimum Gasteiger partial charge on any atom is -0.465 e. The minimum absolute atomic E-state index is 0.104. The molecule has 0 radical (unpaired) electrons. The molecule has 0 aromatic carbocycles. The number of rotatable bonds is 7. The summed E-state index contributed by atoms with van der Waals surface area (Å²) >= 11 is 0. The number of pyridine rings is 1. The number of hydrogen-bond donors (Lipinski definition) is 1. The van der Waals surface area contributed by atoms with Crippen LogP contribution in [0.3, 0.4) is 0 Å². The lowest BCUT2D eigenvalue weighted by molar-refractivity contribution is 0.0505. The van der Waals surface area contributed by atoms with Gasteiger partial charge in [-0.15, -0.1) is 0 Å². The summed E-state index contributed by atoms with van der Waals surface area (Å²) in [6, 6.07) is 1.92. The second-order valence-corrected chi connectivity index (χ2v) is 11.6. The topological polar surface area (TPSA) is 101 Å². The maximum Gasteiger partial charge on any atom is 0.339 e. The van der Waals surface area contributed by atoms with Crippen LogP contribution in [0.2, 0.25) is 0 Å². The molecule has 1 N–H and O–H groups in total. The Kier molecular flexibility index (Phi) is 8.23. The van der Waals surface area contributed by atoms with E-state index in [2.05, 4.69) is 42.9 Å². The van der Waals surface area contributed by atoms with Crippen LogP contribution in [0, 0.1) is 19.8 Å². The van der Waals surface area contributed by atoms with E-state index in [9.17, 15) is 9.59 Å². The molecule has 2 aromatic rings. The molecule has 1 aliphatic carbocycles. The number of aromatic nitrogens is 3. The first-order valence-electron chi connectivity index (χ1n) is 13.8. The fourth-order valence-corrected chi connectivity index (χ4v) is 5.75. The molecule has 1 saturated heterocycles. The lowest BCUT2D eigenvalue weighted by Gasteiger charge is -2.47. The molecular weight excluding hydrogens is 480 g/mol. The molecule has 0 spiro atoms. The molecule has 38 heavy (non-hydrogen) atoms. The molecule has 2 fully saturated rings. The summed E-state index contributed by atoms with van der Waals surface area (Å²) in [5, 5.41) is 3.51. The predicted octanol–water partition coefficient (Wildman–Crippen LogP) is 4.74. The number of aryl methyl sites for hydroxylation is 2. The number of carbonyl (C=O) groups is 2. The molecule has 1 amide bonds.